The van der Waals surface area contributed by atoms with Gasteiger partial charge in [0.2, 0.25) is 5.92 Å². The Balaban J connectivity index is 1.74. The van der Waals surface area contributed by atoms with Crippen molar-refractivity contribution in [3.8, 4) is 0 Å². The molecule has 1 aromatic carbocycles. The largest absolute Gasteiger partial charge is 0.465 e. The fourth-order valence-electron chi connectivity index (χ4n) is 3.88. The van der Waals surface area contributed by atoms with E-state index in [2.05, 4.69) is 10.1 Å². The third-order valence-corrected chi connectivity index (χ3v) is 5.07. The molecule has 1 spiro atoms. The minimum absolute atomic E-state index is 0.0123. The van der Waals surface area contributed by atoms with Crippen molar-refractivity contribution in [3.05, 3.63) is 35.4 Å². The molecule has 2 atom stereocenters. The maximum atomic E-state index is 13.6. The summed E-state index contributed by atoms with van der Waals surface area (Å²) in [6, 6.07) is 7.31. The van der Waals surface area contributed by atoms with E-state index in [1.54, 1.807) is 12.1 Å². The van der Waals surface area contributed by atoms with E-state index in [1.165, 1.54) is 7.11 Å². The molecule has 1 aliphatic carbocycles. The van der Waals surface area contributed by atoms with E-state index in [4.69, 9.17) is 0 Å². The van der Waals surface area contributed by atoms with Crippen LogP contribution in [0.25, 0.3) is 0 Å². The standard InChI is InChI=1S/C17H21F2NO2/c1-22-15(21)13-4-2-12(3-5-13)14-10-16(8-9-20-14)6-7-17(18,19)11-16/h2-5,14,20H,6-11H2,1H3/t14-,16+/m0/s1. The van der Waals surface area contributed by atoms with Gasteiger partial charge >= 0.3 is 5.97 Å². The molecule has 3 nitrogen and oxygen atoms in total. The number of halogens is 2. The number of benzene rings is 1. The number of hydrogen-bond donors (Lipinski definition) is 1. The molecule has 0 amide bonds. The molecule has 2 aliphatic rings. The van der Waals surface area contributed by atoms with Crippen LogP contribution in [0.2, 0.25) is 0 Å². The summed E-state index contributed by atoms with van der Waals surface area (Å²) in [5, 5.41) is 3.42. The van der Waals surface area contributed by atoms with Crippen LogP contribution in [0, 0.1) is 5.41 Å². The highest BCUT2D eigenvalue weighted by molar-refractivity contribution is 5.89. The number of nitrogens with one attached hydrogen (secondary N) is 1. The SMILES string of the molecule is COC(=O)c1ccc([C@@H]2C[C@]3(CCN2)CCC(F)(F)C3)cc1. The number of hydrogen-bond acceptors (Lipinski definition) is 3. The Morgan fingerprint density at radius 2 is 1.95 bits per heavy atom. The van der Waals surface area contributed by atoms with Gasteiger partial charge < -0.3 is 10.1 Å². The summed E-state index contributed by atoms with van der Waals surface area (Å²) in [4.78, 5) is 11.5. The van der Waals surface area contributed by atoms with Gasteiger partial charge in [-0.05, 0) is 48.9 Å². The Hall–Kier alpha value is -1.49. The van der Waals surface area contributed by atoms with E-state index in [0.29, 0.717) is 12.0 Å². The lowest BCUT2D eigenvalue weighted by Crippen LogP contribution is -2.38. The first-order chi connectivity index (χ1) is 10.4. The summed E-state index contributed by atoms with van der Waals surface area (Å²) < 4.78 is 31.9. The number of piperidine rings is 1. The van der Waals surface area contributed by atoms with Crippen LogP contribution < -0.4 is 5.32 Å². The monoisotopic (exact) mass is 309 g/mol. The minimum Gasteiger partial charge on any atom is -0.465 e. The summed E-state index contributed by atoms with van der Waals surface area (Å²) in [7, 11) is 1.35. The number of alkyl halides is 2. The molecule has 0 radical (unpaired) electrons. The lowest BCUT2D eigenvalue weighted by atomic mass is 9.73. The maximum Gasteiger partial charge on any atom is 0.337 e. The summed E-state index contributed by atoms with van der Waals surface area (Å²) in [6.45, 7) is 0.763. The van der Waals surface area contributed by atoms with Crippen LogP contribution in [0.4, 0.5) is 8.78 Å². The van der Waals surface area contributed by atoms with Crippen LogP contribution in [-0.2, 0) is 4.74 Å². The molecule has 3 rings (SSSR count). The van der Waals surface area contributed by atoms with Gasteiger partial charge in [0.25, 0.3) is 0 Å². The summed E-state index contributed by atoms with van der Waals surface area (Å²) >= 11 is 0. The van der Waals surface area contributed by atoms with E-state index in [1.807, 2.05) is 12.1 Å². The summed E-state index contributed by atoms with van der Waals surface area (Å²) in [5.74, 6) is -2.87. The van der Waals surface area contributed by atoms with Crippen molar-refractivity contribution in [2.45, 2.75) is 44.1 Å². The first-order valence-corrected chi connectivity index (χ1v) is 7.73. The zero-order valence-electron chi connectivity index (χ0n) is 12.7. The van der Waals surface area contributed by atoms with Gasteiger partial charge in [0, 0.05) is 18.9 Å². The van der Waals surface area contributed by atoms with Crippen molar-refractivity contribution in [1.29, 1.82) is 0 Å². The predicted octanol–water partition coefficient (Wildman–Crippen LogP) is 3.70. The fourth-order valence-corrected chi connectivity index (χ4v) is 3.88. The number of esters is 1. The molecule has 120 valence electrons. The smallest absolute Gasteiger partial charge is 0.337 e. The Kier molecular flexibility index (Phi) is 3.93. The van der Waals surface area contributed by atoms with Crippen molar-refractivity contribution in [3.63, 3.8) is 0 Å². The van der Waals surface area contributed by atoms with Crippen molar-refractivity contribution in [2.75, 3.05) is 13.7 Å². The zero-order chi connectivity index (χ0) is 15.8. The first-order valence-electron chi connectivity index (χ1n) is 7.73. The number of ether oxygens (including phenoxy) is 1. The molecule has 22 heavy (non-hydrogen) atoms. The van der Waals surface area contributed by atoms with E-state index in [9.17, 15) is 13.6 Å². The maximum absolute atomic E-state index is 13.6. The van der Waals surface area contributed by atoms with Gasteiger partial charge in [-0.15, -0.1) is 0 Å². The lowest BCUT2D eigenvalue weighted by Gasteiger charge is -2.39. The normalized spacial score (nSPS) is 30.4. The highest BCUT2D eigenvalue weighted by atomic mass is 19.3. The average molecular weight is 309 g/mol. The number of rotatable bonds is 2. The third kappa shape index (κ3) is 3.00. The summed E-state index contributed by atoms with van der Waals surface area (Å²) in [5.41, 5.74) is 1.31. The van der Waals surface area contributed by atoms with Crippen LogP contribution >= 0.6 is 0 Å². The van der Waals surface area contributed by atoms with Crippen molar-refractivity contribution >= 4 is 5.97 Å². The molecular weight excluding hydrogens is 288 g/mol. The molecule has 1 aromatic rings. The number of carbonyl (C=O) groups excluding carboxylic acids is 1. The molecule has 0 bridgehead atoms. The molecule has 1 N–H and O–H groups in total. The van der Waals surface area contributed by atoms with Crippen LogP contribution in [-0.4, -0.2) is 25.5 Å². The molecule has 0 aromatic heterocycles. The molecule has 1 saturated heterocycles. The van der Waals surface area contributed by atoms with Crippen LogP contribution in [0.15, 0.2) is 24.3 Å². The van der Waals surface area contributed by atoms with Crippen molar-refractivity contribution in [2.24, 2.45) is 5.41 Å². The fraction of sp³-hybridized carbons (Fsp3) is 0.588. The van der Waals surface area contributed by atoms with Crippen LogP contribution in [0.5, 0.6) is 0 Å². The molecule has 1 heterocycles. The molecule has 1 aliphatic heterocycles. The Bertz CT molecular complexity index is 558. The number of carbonyl (C=O) groups is 1. The highest BCUT2D eigenvalue weighted by Crippen LogP contribution is 2.54. The summed E-state index contributed by atoms with van der Waals surface area (Å²) in [6.07, 6.45) is 2.19. The van der Waals surface area contributed by atoms with E-state index in [-0.39, 0.29) is 30.3 Å². The van der Waals surface area contributed by atoms with E-state index in [0.717, 1.165) is 24.9 Å². The highest BCUT2D eigenvalue weighted by Gasteiger charge is 2.50. The molecule has 1 saturated carbocycles. The van der Waals surface area contributed by atoms with Gasteiger partial charge in [-0.3, -0.25) is 0 Å². The molecule has 0 unspecified atom stereocenters. The lowest BCUT2D eigenvalue weighted by molar-refractivity contribution is -0.00992. The quantitative estimate of drug-likeness (QED) is 0.847. The third-order valence-electron chi connectivity index (χ3n) is 5.07. The van der Waals surface area contributed by atoms with Gasteiger partial charge in [-0.25, -0.2) is 13.6 Å². The van der Waals surface area contributed by atoms with Gasteiger partial charge in [0.05, 0.1) is 12.7 Å². The van der Waals surface area contributed by atoms with E-state index >= 15 is 0 Å². The Morgan fingerprint density at radius 3 is 2.55 bits per heavy atom. The first kappa shape index (κ1) is 15.4. The number of methoxy groups -OCH3 is 1. The average Bonchev–Trinajstić information content (AvgIpc) is 2.81. The van der Waals surface area contributed by atoms with Crippen molar-refractivity contribution in [1.82, 2.24) is 5.32 Å². The van der Waals surface area contributed by atoms with Gasteiger partial charge in [-0.2, -0.15) is 0 Å². The molecule has 2 fully saturated rings. The minimum atomic E-state index is -2.50. The van der Waals surface area contributed by atoms with Crippen LogP contribution in [0.1, 0.15) is 54.1 Å². The molecule has 5 heteroatoms. The van der Waals surface area contributed by atoms with Crippen molar-refractivity contribution < 1.29 is 18.3 Å². The second-order valence-corrected chi connectivity index (χ2v) is 6.61. The van der Waals surface area contributed by atoms with Crippen LogP contribution in [0.3, 0.4) is 0 Å². The zero-order valence-corrected chi connectivity index (χ0v) is 12.7. The van der Waals surface area contributed by atoms with Gasteiger partial charge in [-0.1, -0.05) is 12.1 Å². The molecular formula is C17H21F2NO2. The topological polar surface area (TPSA) is 38.3 Å². The van der Waals surface area contributed by atoms with Gasteiger partial charge in [0.15, 0.2) is 0 Å². The second kappa shape index (κ2) is 5.61. The predicted molar refractivity (Wildman–Crippen MR) is 79.0 cm³/mol. The van der Waals surface area contributed by atoms with E-state index < -0.39 is 5.92 Å². The van der Waals surface area contributed by atoms with Gasteiger partial charge in [0.1, 0.15) is 0 Å². The Morgan fingerprint density at radius 1 is 1.23 bits per heavy atom. The Labute approximate surface area is 129 Å². The second-order valence-electron chi connectivity index (χ2n) is 6.61.